The number of nitrogens with two attached hydrogens (primary N) is 2. The molecule has 6 nitrogen and oxygen atoms in total. The first-order valence-electron chi connectivity index (χ1n) is 7.42. The van der Waals surface area contributed by atoms with Crippen molar-refractivity contribution >= 4 is 17.4 Å². The summed E-state index contributed by atoms with van der Waals surface area (Å²) in [6.45, 7) is 5.02. The van der Waals surface area contributed by atoms with Crippen LogP contribution in [0.15, 0.2) is 0 Å². The minimum absolute atomic E-state index is 0.212. The first kappa shape index (κ1) is 14.7. The second-order valence-corrected chi connectivity index (χ2v) is 5.58. The molecule has 1 aliphatic rings. The van der Waals surface area contributed by atoms with Crippen LogP contribution in [0.2, 0.25) is 0 Å². The molecule has 0 atom stereocenters. The van der Waals surface area contributed by atoms with E-state index in [1.165, 1.54) is 12.8 Å². The lowest BCUT2D eigenvalue weighted by atomic mass is 10.2. The topological polar surface area (TPSA) is 90.2 Å². The molecule has 0 aliphatic heterocycles. The molecule has 1 heterocycles. The van der Waals surface area contributed by atoms with E-state index in [0.717, 1.165) is 37.3 Å². The van der Waals surface area contributed by atoms with Crippen molar-refractivity contribution in [2.45, 2.75) is 58.5 Å². The van der Waals surface area contributed by atoms with Gasteiger partial charge in [-0.3, -0.25) is 4.79 Å². The zero-order valence-electron chi connectivity index (χ0n) is 12.4. The highest BCUT2D eigenvalue weighted by Crippen LogP contribution is 2.33. The normalized spacial score (nSPS) is 15.7. The van der Waals surface area contributed by atoms with Gasteiger partial charge in [-0.2, -0.15) is 5.10 Å². The molecule has 1 fully saturated rings. The summed E-state index contributed by atoms with van der Waals surface area (Å²) in [5.74, 6) is 0.549. The van der Waals surface area contributed by atoms with Gasteiger partial charge in [0.15, 0.2) is 5.82 Å². The number of hydrogen-bond acceptors (Lipinski definition) is 4. The summed E-state index contributed by atoms with van der Waals surface area (Å²) < 4.78 is 1.92. The van der Waals surface area contributed by atoms with Gasteiger partial charge in [-0.1, -0.05) is 19.8 Å². The predicted molar refractivity (Wildman–Crippen MR) is 80.5 cm³/mol. The lowest BCUT2D eigenvalue weighted by molar-refractivity contribution is -0.116. The average Bonchev–Trinajstić information content (AvgIpc) is 2.98. The monoisotopic (exact) mass is 279 g/mol. The van der Waals surface area contributed by atoms with Gasteiger partial charge >= 0.3 is 0 Å². The summed E-state index contributed by atoms with van der Waals surface area (Å²) in [6.07, 6.45) is 5.54. The number of hydrogen-bond donors (Lipinski definition) is 2. The third-order valence-corrected chi connectivity index (χ3v) is 3.95. The van der Waals surface area contributed by atoms with Crippen LogP contribution in [-0.4, -0.2) is 28.3 Å². The SMILES string of the molecule is CCCn1nc(C)c(N)c1N(CC(N)=O)C1CCCC1. The summed E-state index contributed by atoms with van der Waals surface area (Å²) in [5, 5.41) is 4.50. The third-order valence-electron chi connectivity index (χ3n) is 3.95. The molecule has 0 saturated heterocycles. The fourth-order valence-corrected chi connectivity index (χ4v) is 3.01. The van der Waals surface area contributed by atoms with Gasteiger partial charge in [0, 0.05) is 12.6 Å². The first-order chi connectivity index (χ1) is 9.54. The molecular weight excluding hydrogens is 254 g/mol. The van der Waals surface area contributed by atoms with Crippen molar-refractivity contribution in [3.05, 3.63) is 5.69 Å². The minimum Gasteiger partial charge on any atom is -0.394 e. The highest BCUT2D eigenvalue weighted by Gasteiger charge is 2.29. The Morgan fingerprint density at radius 1 is 1.45 bits per heavy atom. The van der Waals surface area contributed by atoms with Crippen LogP contribution < -0.4 is 16.4 Å². The van der Waals surface area contributed by atoms with Crippen LogP contribution in [0.1, 0.15) is 44.7 Å². The molecule has 4 N–H and O–H groups in total. The van der Waals surface area contributed by atoms with Crippen LogP contribution in [0.5, 0.6) is 0 Å². The van der Waals surface area contributed by atoms with Crippen LogP contribution >= 0.6 is 0 Å². The van der Waals surface area contributed by atoms with Crippen molar-refractivity contribution in [2.24, 2.45) is 5.73 Å². The Morgan fingerprint density at radius 2 is 2.10 bits per heavy atom. The molecule has 0 aromatic carbocycles. The van der Waals surface area contributed by atoms with E-state index in [9.17, 15) is 4.79 Å². The van der Waals surface area contributed by atoms with Gasteiger partial charge in [0.05, 0.1) is 17.9 Å². The van der Waals surface area contributed by atoms with E-state index in [0.29, 0.717) is 11.7 Å². The van der Waals surface area contributed by atoms with E-state index in [-0.39, 0.29) is 12.5 Å². The Labute approximate surface area is 120 Å². The maximum Gasteiger partial charge on any atom is 0.237 e. The molecule has 0 radical (unpaired) electrons. The fraction of sp³-hybridized carbons (Fsp3) is 0.714. The molecule has 112 valence electrons. The molecule has 0 unspecified atom stereocenters. The molecular formula is C14H25N5O. The zero-order chi connectivity index (χ0) is 14.7. The van der Waals surface area contributed by atoms with Crippen molar-refractivity contribution in [1.29, 1.82) is 0 Å². The maximum absolute atomic E-state index is 11.4. The smallest absolute Gasteiger partial charge is 0.237 e. The van der Waals surface area contributed by atoms with Crippen LogP contribution in [0.4, 0.5) is 11.5 Å². The molecule has 0 bridgehead atoms. The van der Waals surface area contributed by atoms with Gasteiger partial charge in [-0.05, 0) is 26.2 Å². The number of anilines is 2. The number of aryl methyl sites for hydroxylation is 2. The van der Waals surface area contributed by atoms with Gasteiger partial charge in [-0.25, -0.2) is 4.68 Å². The number of nitrogen functional groups attached to an aromatic ring is 1. The molecule has 20 heavy (non-hydrogen) atoms. The molecule has 1 saturated carbocycles. The van der Waals surface area contributed by atoms with Crippen molar-refractivity contribution < 1.29 is 4.79 Å². The van der Waals surface area contributed by atoms with Gasteiger partial charge in [-0.15, -0.1) is 0 Å². The van der Waals surface area contributed by atoms with E-state index < -0.39 is 0 Å². The van der Waals surface area contributed by atoms with E-state index in [1.807, 2.05) is 11.6 Å². The number of nitrogens with zero attached hydrogens (tertiary/aromatic N) is 3. The molecule has 1 aromatic heterocycles. The van der Waals surface area contributed by atoms with Crippen LogP contribution in [0.25, 0.3) is 0 Å². The summed E-state index contributed by atoms with van der Waals surface area (Å²) in [7, 11) is 0. The lowest BCUT2D eigenvalue weighted by Gasteiger charge is -2.30. The van der Waals surface area contributed by atoms with Gasteiger partial charge in [0.25, 0.3) is 0 Å². The highest BCUT2D eigenvalue weighted by molar-refractivity contribution is 5.81. The standard InChI is InChI=1S/C14H25N5O/c1-3-8-19-14(13(16)10(2)17-19)18(9-12(15)20)11-6-4-5-7-11/h11H,3-9,16H2,1-2H3,(H2,15,20). The third kappa shape index (κ3) is 2.89. The number of rotatable bonds is 6. The number of primary amides is 1. The quantitative estimate of drug-likeness (QED) is 0.824. The minimum atomic E-state index is -0.321. The Balaban J connectivity index is 2.38. The maximum atomic E-state index is 11.4. The zero-order valence-corrected chi connectivity index (χ0v) is 12.4. The fourth-order valence-electron chi connectivity index (χ4n) is 3.01. The molecule has 1 amide bonds. The lowest BCUT2D eigenvalue weighted by Crippen LogP contribution is -2.41. The number of carbonyl (C=O) groups is 1. The van der Waals surface area contributed by atoms with Gasteiger partial charge in [0.2, 0.25) is 5.91 Å². The van der Waals surface area contributed by atoms with Crippen LogP contribution in [0, 0.1) is 6.92 Å². The predicted octanol–water partition coefficient (Wildman–Crippen LogP) is 1.42. The number of aromatic nitrogens is 2. The Kier molecular flexibility index (Phi) is 4.52. The summed E-state index contributed by atoms with van der Waals surface area (Å²) in [6, 6.07) is 0.344. The Morgan fingerprint density at radius 3 is 2.65 bits per heavy atom. The second-order valence-electron chi connectivity index (χ2n) is 5.58. The Hall–Kier alpha value is -1.72. The van der Waals surface area contributed by atoms with E-state index >= 15 is 0 Å². The highest BCUT2D eigenvalue weighted by atomic mass is 16.1. The van der Waals surface area contributed by atoms with Crippen LogP contribution in [-0.2, 0) is 11.3 Å². The van der Waals surface area contributed by atoms with Crippen molar-refractivity contribution in [1.82, 2.24) is 9.78 Å². The first-order valence-corrected chi connectivity index (χ1v) is 7.42. The molecule has 1 aliphatic carbocycles. The van der Waals surface area contributed by atoms with E-state index in [2.05, 4.69) is 16.9 Å². The summed E-state index contributed by atoms with van der Waals surface area (Å²) in [4.78, 5) is 13.5. The number of amides is 1. The van der Waals surface area contributed by atoms with Gasteiger partial charge in [0.1, 0.15) is 0 Å². The molecule has 2 rings (SSSR count). The van der Waals surface area contributed by atoms with Crippen LogP contribution in [0.3, 0.4) is 0 Å². The van der Waals surface area contributed by atoms with Crippen molar-refractivity contribution in [2.75, 3.05) is 17.2 Å². The summed E-state index contributed by atoms with van der Waals surface area (Å²) in [5.41, 5.74) is 13.1. The largest absolute Gasteiger partial charge is 0.394 e. The van der Waals surface area contributed by atoms with Gasteiger partial charge < -0.3 is 16.4 Å². The second kappa shape index (κ2) is 6.15. The van der Waals surface area contributed by atoms with E-state index in [4.69, 9.17) is 11.5 Å². The molecule has 6 heteroatoms. The van der Waals surface area contributed by atoms with Crippen molar-refractivity contribution in [3.63, 3.8) is 0 Å². The molecule has 0 spiro atoms. The van der Waals surface area contributed by atoms with Crippen molar-refractivity contribution in [3.8, 4) is 0 Å². The van der Waals surface area contributed by atoms with E-state index in [1.54, 1.807) is 0 Å². The Bertz CT molecular complexity index is 476. The molecule has 1 aromatic rings. The summed E-state index contributed by atoms with van der Waals surface area (Å²) >= 11 is 0. The average molecular weight is 279 g/mol. The number of carbonyl (C=O) groups excluding carboxylic acids is 1.